The van der Waals surface area contributed by atoms with Crippen LogP contribution in [0.15, 0.2) is 57.4 Å². The van der Waals surface area contributed by atoms with E-state index in [-0.39, 0.29) is 5.84 Å². The van der Waals surface area contributed by atoms with Gasteiger partial charge in [-0.1, -0.05) is 29.1 Å². The molecule has 0 aliphatic heterocycles. The van der Waals surface area contributed by atoms with Crippen LogP contribution in [0.2, 0.25) is 0 Å². The molecule has 3 N–H and O–H groups in total. The van der Waals surface area contributed by atoms with Crippen LogP contribution in [0.1, 0.15) is 11.1 Å². The van der Waals surface area contributed by atoms with Crippen molar-refractivity contribution in [3.63, 3.8) is 0 Å². The second-order valence-corrected chi connectivity index (χ2v) is 5.30. The number of benzene rings is 2. The van der Waals surface area contributed by atoms with Crippen LogP contribution in [0.25, 0.3) is 0 Å². The summed E-state index contributed by atoms with van der Waals surface area (Å²) in [7, 11) is 1.64. The largest absolute Gasteiger partial charge is 0.497 e. The summed E-state index contributed by atoms with van der Waals surface area (Å²) in [6.07, 6.45) is 0. The smallest absolute Gasteiger partial charge is 0.171 e. The number of methoxy groups -OCH3 is 1. The van der Waals surface area contributed by atoms with Crippen molar-refractivity contribution < 1.29 is 9.94 Å². The third-order valence-electron chi connectivity index (χ3n) is 2.87. The fourth-order valence-corrected chi connectivity index (χ4v) is 2.82. The minimum absolute atomic E-state index is 0.115. The molecular formula is C15H16N2O2S. The minimum Gasteiger partial charge on any atom is -0.497 e. The molecule has 0 spiro atoms. The van der Waals surface area contributed by atoms with E-state index in [0.29, 0.717) is 0 Å². The molecule has 0 aromatic heterocycles. The van der Waals surface area contributed by atoms with E-state index in [1.54, 1.807) is 18.9 Å². The molecule has 0 saturated carbocycles. The summed E-state index contributed by atoms with van der Waals surface area (Å²) < 4.78 is 5.14. The van der Waals surface area contributed by atoms with Gasteiger partial charge in [0.2, 0.25) is 0 Å². The Morgan fingerprint density at radius 1 is 1.20 bits per heavy atom. The molecule has 0 fully saturated rings. The maximum Gasteiger partial charge on any atom is 0.171 e. The Labute approximate surface area is 122 Å². The Balaban J connectivity index is 2.37. The molecular weight excluding hydrogens is 272 g/mol. The van der Waals surface area contributed by atoms with Crippen molar-refractivity contribution in [3.05, 3.63) is 53.6 Å². The zero-order valence-electron chi connectivity index (χ0n) is 11.3. The fraction of sp³-hybridized carbons (Fsp3) is 0.133. The lowest BCUT2D eigenvalue weighted by molar-refractivity contribution is 0.318. The van der Waals surface area contributed by atoms with Gasteiger partial charge in [0.15, 0.2) is 5.84 Å². The van der Waals surface area contributed by atoms with Crippen molar-refractivity contribution in [1.29, 1.82) is 0 Å². The van der Waals surface area contributed by atoms with Crippen molar-refractivity contribution >= 4 is 17.6 Å². The maximum absolute atomic E-state index is 8.88. The van der Waals surface area contributed by atoms with E-state index in [2.05, 4.69) is 5.16 Å². The molecule has 0 unspecified atom stereocenters. The molecule has 0 saturated heterocycles. The summed E-state index contributed by atoms with van der Waals surface area (Å²) in [5, 5.41) is 12.0. The van der Waals surface area contributed by atoms with Crippen molar-refractivity contribution in [1.82, 2.24) is 0 Å². The first-order chi connectivity index (χ1) is 9.65. The maximum atomic E-state index is 8.88. The fourth-order valence-electron chi connectivity index (χ4n) is 1.81. The Morgan fingerprint density at radius 2 is 1.90 bits per heavy atom. The monoisotopic (exact) mass is 288 g/mol. The topological polar surface area (TPSA) is 67.8 Å². The Morgan fingerprint density at radius 3 is 2.50 bits per heavy atom. The molecule has 20 heavy (non-hydrogen) atoms. The summed E-state index contributed by atoms with van der Waals surface area (Å²) in [5.74, 6) is 0.931. The lowest BCUT2D eigenvalue weighted by Gasteiger charge is -2.11. The SMILES string of the molecule is COc1ccc(Sc2c(C)cccc2/C(N)=N/O)cc1. The molecule has 4 nitrogen and oxygen atoms in total. The van der Waals surface area contributed by atoms with Crippen LogP contribution in [-0.2, 0) is 0 Å². The van der Waals surface area contributed by atoms with Gasteiger partial charge in [0.25, 0.3) is 0 Å². The highest BCUT2D eigenvalue weighted by molar-refractivity contribution is 7.99. The van der Waals surface area contributed by atoms with Gasteiger partial charge in [-0.2, -0.15) is 0 Å². The molecule has 2 aromatic rings. The Kier molecular flexibility index (Phi) is 4.53. The van der Waals surface area contributed by atoms with Gasteiger partial charge in [-0.25, -0.2) is 0 Å². The van der Waals surface area contributed by atoms with Crippen molar-refractivity contribution in [2.75, 3.05) is 7.11 Å². The molecule has 2 aromatic carbocycles. The van der Waals surface area contributed by atoms with Crippen LogP contribution in [0.3, 0.4) is 0 Å². The highest BCUT2D eigenvalue weighted by Gasteiger charge is 2.11. The first kappa shape index (κ1) is 14.3. The second kappa shape index (κ2) is 6.34. The second-order valence-electron chi connectivity index (χ2n) is 4.21. The quantitative estimate of drug-likeness (QED) is 0.392. The summed E-state index contributed by atoms with van der Waals surface area (Å²) in [6, 6.07) is 13.5. The first-order valence-corrected chi connectivity index (χ1v) is 6.86. The summed E-state index contributed by atoms with van der Waals surface area (Å²) in [4.78, 5) is 2.04. The normalized spacial score (nSPS) is 11.4. The number of nitrogens with zero attached hydrogens (tertiary/aromatic N) is 1. The molecule has 104 valence electrons. The number of amidine groups is 1. The molecule has 0 atom stereocenters. The molecule has 5 heteroatoms. The molecule has 0 aliphatic rings. The third-order valence-corrected chi connectivity index (χ3v) is 4.13. The van der Waals surface area contributed by atoms with Crippen LogP contribution in [0.4, 0.5) is 0 Å². The van der Waals surface area contributed by atoms with Crippen molar-refractivity contribution in [3.8, 4) is 5.75 Å². The lowest BCUT2D eigenvalue weighted by atomic mass is 10.1. The third kappa shape index (κ3) is 3.05. The zero-order chi connectivity index (χ0) is 14.5. The van der Waals surface area contributed by atoms with Gasteiger partial charge >= 0.3 is 0 Å². The molecule has 0 heterocycles. The predicted molar refractivity (Wildman–Crippen MR) is 80.8 cm³/mol. The highest BCUT2D eigenvalue weighted by Crippen LogP contribution is 2.33. The van der Waals surface area contributed by atoms with Gasteiger partial charge in [-0.15, -0.1) is 0 Å². The van der Waals surface area contributed by atoms with Crippen molar-refractivity contribution in [2.45, 2.75) is 16.7 Å². The van der Waals surface area contributed by atoms with E-state index >= 15 is 0 Å². The standard InChI is InChI=1S/C15H16N2O2S/c1-10-4-3-5-13(15(16)17-18)14(10)20-12-8-6-11(19-2)7-9-12/h3-9,18H,1-2H3,(H2,16,17). The van der Waals surface area contributed by atoms with Gasteiger partial charge in [-0.05, 0) is 42.8 Å². The molecule has 0 aliphatic carbocycles. The lowest BCUT2D eigenvalue weighted by Crippen LogP contribution is -2.14. The van der Waals surface area contributed by atoms with Gasteiger partial charge in [-0.3, -0.25) is 0 Å². The number of hydrogen-bond donors (Lipinski definition) is 2. The van der Waals surface area contributed by atoms with Crippen LogP contribution < -0.4 is 10.5 Å². The van der Waals surface area contributed by atoms with Crippen LogP contribution in [0.5, 0.6) is 5.75 Å². The molecule has 0 amide bonds. The van der Waals surface area contributed by atoms with E-state index in [9.17, 15) is 0 Å². The van der Waals surface area contributed by atoms with Gasteiger partial charge < -0.3 is 15.7 Å². The van der Waals surface area contributed by atoms with E-state index < -0.39 is 0 Å². The van der Waals surface area contributed by atoms with E-state index in [0.717, 1.165) is 26.7 Å². The number of aryl methyl sites for hydroxylation is 1. The first-order valence-electron chi connectivity index (χ1n) is 6.05. The van der Waals surface area contributed by atoms with Crippen LogP contribution in [0, 0.1) is 6.92 Å². The molecule has 0 radical (unpaired) electrons. The van der Waals surface area contributed by atoms with Crippen LogP contribution >= 0.6 is 11.8 Å². The Hall–Kier alpha value is -2.14. The van der Waals surface area contributed by atoms with Crippen molar-refractivity contribution in [2.24, 2.45) is 10.9 Å². The number of oxime groups is 1. The van der Waals surface area contributed by atoms with E-state index in [1.807, 2.05) is 49.4 Å². The van der Waals surface area contributed by atoms with Gasteiger partial charge in [0, 0.05) is 15.4 Å². The van der Waals surface area contributed by atoms with Crippen LogP contribution in [-0.4, -0.2) is 18.2 Å². The van der Waals surface area contributed by atoms with Gasteiger partial charge in [0.1, 0.15) is 5.75 Å². The number of rotatable bonds is 4. The summed E-state index contributed by atoms with van der Waals surface area (Å²) >= 11 is 1.58. The minimum atomic E-state index is 0.115. The number of hydrogen-bond acceptors (Lipinski definition) is 4. The Bertz CT molecular complexity index is 624. The number of ether oxygens (including phenoxy) is 1. The molecule has 2 rings (SSSR count). The van der Waals surface area contributed by atoms with E-state index in [1.165, 1.54) is 0 Å². The average Bonchev–Trinajstić information content (AvgIpc) is 2.49. The zero-order valence-corrected chi connectivity index (χ0v) is 12.1. The number of nitrogens with two attached hydrogens (primary N) is 1. The van der Waals surface area contributed by atoms with Gasteiger partial charge in [0.05, 0.1) is 7.11 Å². The van der Waals surface area contributed by atoms with E-state index in [4.69, 9.17) is 15.7 Å². The predicted octanol–water partition coefficient (Wildman–Crippen LogP) is 3.25. The summed E-state index contributed by atoms with van der Waals surface area (Å²) in [6.45, 7) is 2.00. The molecule has 0 bridgehead atoms. The average molecular weight is 288 g/mol. The summed E-state index contributed by atoms with van der Waals surface area (Å²) in [5.41, 5.74) is 7.54. The highest BCUT2D eigenvalue weighted by atomic mass is 32.2.